The first-order valence-electron chi connectivity index (χ1n) is 11.2. The van der Waals surface area contributed by atoms with E-state index in [0.717, 1.165) is 70.3 Å². The van der Waals surface area contributed by atoms with Crippen molar-refractivity contribution in [3.8, 4) is 5.75 Å². The van der Waals surface area contributed by atoms with Crippen LogP contribution >= 0.6 is 24.0 Å². The van der Waals surface area contributed by atoms with Crippen molar-refractivity contribution < 1.29 is 9.47 Å². The van der Waals surface area contributed by atoms with Crippen molar-refractivity contribution >= 4 is 29.9 Å². The zero-order valence-electron chi connectivity index (χ0n) is 19.2. The molecule has 6 nitrogen and oxygen atoms in total. The van der Waals surface area contributed by atoms with Crippen molar-refractivity contribution in [2.45, 2.75) is 59.1 Å². The first-order valence-corrected chi connectivity index (χ1v) is 11.2. The van der Waals surface area contributed by atoms with E-state index >= 15 is 0 Å². The van der Waals surface area contributed by atoms with Crippen LogP contribution in [0, 0.1) is 6.92 Å². The number of guanidine groups is 1. The lowest BCUT2D eigenvalue weighted by atomic mass is 10.1. The number of hydrogen-bond donors (Lipinski definition) is 2. The molecule has 7 heteroatoms. The Morgan fingerprint density at radius 2 is 1.93 bits per heavy atom. The van der Waals surface area contributed by atoms with Gasteiger partial charge in [0.05, 0.1) is 19.3 Å². The zero-order valence-corrected chi connectivity index (χ0v) is 21.5. The van der Waals surface area contributed by atoms with Gasteiger partial charge in [0.2, 0.25) is 0 Å². The van der Waals surface area contributed by atoms with Crippen LogP contribution in [-0.4, -0.2) is 68.9 Å². The molecule has 172 valence electrons. The minimum Gasteiger partial charge on any atom is -0.493 e. The maximum atomic E-state index is 5.86. The monoisotopic (exact) mass is 532 g/mol. The molecule has 1 heterocycles. The van der Waals surface area contributed by atoms with E-state index in [1.807, 2.05) is 18.2 Å². The fourth-order valence-electron chi connectivity index (χ4n) is 3.39. The predicted molar refractivity (Wildman–Crippen MR) is 136 cm³/mol. The first-order chi connectivity index (χ1) is 14.1. The summed E-state index contributed by atoms with van der Waals surface area (Å²) in [4.78, 5) is 7.22. The Balaban J connectivity index is 0.00000450. The van der Waals surface area contributed by atoms with Gasteiger partial charge < -0.3 is 25.0 Å². The summed E-state index contributed by atoms with van der Waals surface area (Å²) in [7, 11) is 0. The third kappa shape index (κ3) is 10.8. The van der Waals surface area contributed by atoms with Crippen molar-refractivity contribution in [1.82, 2.24) is 15.5 Å². The molecule has 0 spiro atoms. The Morgan fingerprint density at radius 3 is 2.60 bits per heavy atom. The summed E-state index contributed by atoms with van der Waals surface area (Å²) in [5.41, 5.74) is 1.17. The molecule has 0 unspecified atom stereocenters. The minimum absolute atomic E-state index is 0. The topological polar surface area (TPSA) is 58.1 Å². The average molecular weight is 533 g/mol. The highest BCUT2D eigenvalue weighted by Crippen LogP contribution is 2.16. The van der Waals surface area contributed by atoms with E-state index in [2.05, 4.69) is 49.3 Å². The Morgan fingerprint density at radius 1 is 1.20 bits per heavy atom. The van der Waals surface area contributed by atoms with E-state index in [0.29, 0.717) is 18.8 Å². The van der Waals surface area contributed by atoms with Crippen molar-refractivity contribution in [1.29, 1.82) is 0 Å². The normalized spacial score (nSPS) is 15.7. The van der Waals surface area contributed by atoms with Crippen LogP contribution in [0.3, 0.4) is 0 Å². The lowest BCUT2D eigenvalue weighted by Crippen LogP contribution is -2.49. The number of nitrogens with one attached hydrogen (secondary N) is 2. The van der Waals surface area contributed by atoms with Gasteiger partial charge in [0.15, 0.2) is 5.96 Å². The number of aliphatic imine (C=N–C) groups is 1. The molecule has 1 aliphatic rings. The second-order valence-corrected chi connectivity index (χ2v) is 7.91. The molecule has 0 bridgehead atoms. The van der Waals surface area contributed by atoms with Crippen LogP contribution in [0.5, 0.6) is 5.75 Å². The Hall–Kier alpha value is -1.06. The predicted octanol–water partition coefficient (Wildman–Crippen LogP) is 3.83. The fraction of sp³-hybridized carbons (Fsp3) is 0.696. The largest absolute Gasteiger partial charge is 0.493 e. The number of para-hydroxylation sites is 1. The first kappa shape index (κ1) is 27.0. The number of likely N-dealkylation sites (tertiary alicyclic amines) is 1. The molecule has 0 atom stereocenters. The fourth-order valence-corrected chi connectivity index (χ4v) is 3.39. The third-order valence-electron chi connectivity index (χ3n) is 5.05. The molecule has 1 aliphatic heterocycles. The lowest BCUT2D eigenvalue weighted by Gasteiger charge is -2.33. The van der Waals surface area contributed by atoms with E-state index in [1.165, 1.54) is 5.56 Å². The number of aryl methyl sites for hydroxylation is 1. The van der Waals surface area contributed by atoms with Gasteiger partial charge >= 0.3 is 0 Å². The molecule has 2 N–H and O–H groups in total. The summed E-state index contributed by atoms with van der Waals surface area (Å²) in [6.45, 7) is 14.8. The molecular weight excluding hydrogens is 491 g/mol. The Labute approximate surface area is 200 Å². The van der Waals surface area contributed by atoms with Gasteiger partial charge in [0, 0.05) is 45.2 Å². The van der Waals surface area contributed by atoms with Crippen molar-refractivity contribution in [2.24, 2.45) is 4.99 Å². The second kappa shape index (κ2) is 15.7. The molecule has 2 rings (SSSR count). The van der Waals surface area contributed by atoms with Gasteiger partial charge in [0.25, 0.3) is 0 Å². The summed E-state index contributed by atoms with van der Waals surface area (Å²) >= 11 is 0. The van der Waals surface area contributed by atoms with Gasteiger partial charge in [-0.05, 0) is 52.2 Å². The standard InChI is InChI=1S/C23H40N4O2.HI/c1-5-24-23(25-13-8-17-29-22-10-7-6-9-20(22)4)26-21-11-14-27(15-12-21)16-18-28-19(2)3;/h6-7,9-10,19,21H,5,8,11-18H2,1-4H3,(H2,24,25,26);1H. The molecule has 0 saturated carbocycles. The molecule has 1 aromatic rings. The van der Waals surface area contributed by atoms with Crippen LogP contribution in [0.15, 0.2) is 29.3 Å². The van der Waals surface area contributed by atoms with Crippen LogP contribution in [0.1, 0.15) is 45.6 Å². The van der Waals surface area contributed by atoms with Gasteiger partial charge in [-0.15, -0.1) is 24.0 Å². The maximum absolute atomic E-state index is 5.86. The van der Waals surface area contributed by atoms with Gasteiger partial charge in [-0.1, -0.05) is 18.2 Å². The van der Waals surface area contributed by atoms with Crippen LogP contribution in [0.4, 0.5) is 0 Å². The molecule has 0 aliphatic carbocycles. The van der Waals surface area contributed by atoms with Crippen LogP contribution in [0.25, 0.3) is 0 Å². The molecule has 1 saturated heterocycles. The summed E-state index contributed by atoms with van der Waals surface area (Å²) < 4.78 is 11.5. The summed E-state index contributed by atoms with van der Waals surface area (Å²) in [6.07, 6.45) is 3.50. The quantitative estimate of drug-likeness (QED) is 0.197. The highest BCUT2D eigenvalue weighted by atomic mass is 127. The van der Waals surface area contributed by atoms with Gasteiger partial charge in [-0.2, -0.15) is 0 Å². The van der Waals surface area contributed by atoms with Crippen molar-refractivity contribution in [3.63, 3.8) is 0 Å². The Bertz CT molecular complexity index is 605. The van der Waals surface area contributed by atoms with Gasteiger partial charge in [0.1, 0.15) is 5.75 Å². The van der Waals surface area contributed by atoms with Gasteiger partial charge in [-0.3, -0.25) is 4.99 Å². The summed E-state index contributed by atoms with van der Waals surface area (Å²) in [5, 5.41) is 6.98. The van der Waals surface area contributed by atoms with E-state index in [9.17, 15) is 0 Å². The minimum atomic E-state index is 0. The highest BCUT2D eigenvalue weighted by molar-refractivity contribution is 14.0. The number of nitrogens with zero attached hydrogens (tertiary/aromatic N) is 2. The average Bonchev–Trinajstić information content (AvgIpc) is 2.70. The van der Waals surface area contributed by atoms with Crippen LogP contribution in [0.2, 0.25) is 0 Å². The number of piperidine rings is 1. The van der Waals surface area contributed by atoms with Crippen LogP contribution < -0.4 is 15.4 Å². The lowest BCUT2D eigenvalue weighted by molar-refractivity contribution is 0.0532. The van der Waals surface area contributed by atoms with Crippen molar-refractivity contribution in [3.05, 3.63) is 29.8 Å². The number of hydrogen-bond acceptors (Lipinski definition) is 4. The molecule has 0 amide bonds. The number of benzene rings is 1. The Kier molecular flexibility index (Phi) is 14.1. The number of rotatable bonds is 11. The van der Waals surface area contributed by atoms with E-state index < -0.39 is 0 Å². The second-order valence-electron chi connectivity index (χ2n) is 7.91. The SMILES string of the molecule is CCNC(=NCCCOc1ccccc1C)NC1CCN(CCOC(C)C)CC1.I. The highest BCUT2D eigenvalue weighted by Gasteiger charge is 2.19. The molecule has 1 aromatic carbocycles. The molecule has 0 radical (unpaired) electrons. The maximum Gasteiger partial charge on any atom is 0.191 e. The third-order valence-corrected chi connectivity index (χ3v) is 5.05. The van der Waals surface area contributed by atoms with Gasteiger partial charge in [-0.25, -0.2) is 0 Å². The zero-order chi connectivity index (χ0) is 20.9. The molecule has 30 heavy (non-hydrogen) atoms. The van der Waals surface area contributed by atoms with Crippen molar-refractivity contribution in [2.75, 3.05) is 45.9 Å². The molecular formula is C23H41IN4O2. The molecule has 1 fully saturated rings. The smallest absolute Gasteiger partial charge is 0.191 e. The number of halogens is 1. The van der Waals surface area contributed by atoms with E-state index in [1.54, 1.807) is 0 Å². The number of ether oxygens (including phenoxy) is 2. The van der Waals surface area contributed by atoms with Crippen LogP contribution in [-0.2, 0) is 4.74 Å². The van der Waals surface area contributed by atoms with E-state index in [4.69, 9.17) is 14.5 Å². The van der Waals surface area contributed by atoms with E-state index in [-0.39, 0.29) is 24.0 Å². The molecule has 0 aromatic heterocycles. The summed E-state index contributed by atoms with van der Waals surface area (Å²) in [6, 6.07) is 8.62. The summed E-state index contributed by atoms with van der Waals surface area (Å²) in [5.74, 6) is 1.89.